The van der Waals surface area contributed by atoms with E-state index in [2.05, 4.69) is 4.74 Å². The Morgan fingerprint density at radius 3 is 1.80 bits per heavy atom. The molecule has 0 radical (unpaired) electrons. The quantitative estimate of drug-likeness (QED) is 0.358. The van der Waals surface area contributed by atoms with E-state index >= 15 is 0 Å². The molecule has 30 heavy (non-hydrogen) atoms. The van der Waals surface area contributed by atoms with Crippen LogP contribution in [0, 0.1) is 0 Å². The Labute approximate surface area is 175 Å². The molecule has 0 saturated heterocycles. The molecule has 0 aliphatic heterocycles. The topological polar surface area (TPSA) is 161 Å². The molecule has 0 bridgehead atoms. The monoisotopic (exact) mass is 476 g/mol. The van der Waals surface area contributed by atoms with Crippen LogP contribution >= 0.6 is 11.6 Å². The van der Waals surface area contributed by atoms with Crippen LogP contribution in [-0.4, -0.2) is 49.4 Å². The van der Waals surface area contributed by atoms with Crippen molar-refractivity contribution in [2.45, 2.75) is 10.2 Å². The van der Waals surface area contributed by atoms with Crippen molar-refractivity contribution in [1.29, 1.82) is 0 Å². The van der Waals surface area contributed by atoms with Crippen molar-refractivity contribution in [3.8, 4) is 11.1 Å². The molecular weight excluding hydrogens is 464 g/mol. The van der Waals surface area contributed by atoms with Gasteiger partial charge in [0, 0.05) is 11.6 Å². The Bertz CT molecular complexity index is 1190. The average Bonchev–Trinajstić information content (AvgIpc) is 2.95. The maximum atomic E-state index is 12.7. The number of halogens is 1. The highest BCUT2D eigenvalue weighted by Crippen LogP contribution is 2.55. The predicted molar refractivity (Wildman–Crippen MR) is 103 cm³/mol. The first-order chi connectivity index (χ1) is 13.9. The fourth-order valence-corrected chi connectivity index (χ4v) is 6.39. The molecule has 1 unspecified atom stereocenters. The first kappa shape index (κ1) is 22.2. The number of esters is 1. The smallest absolute Gasteiger partial charge is 0.404 e. The number of ether oxygens (including phenoxy) is 2. The van der Waals surface area contributed by atoms with Crippen LogP contribution in [0.2, 0.25) is 0 Å². The highest BCUT2D eigenvalue weighted by atomic mass is 35.5. The second-order valence-corrected chi connectivity index (χ2v) is 9.53. The van der Waals surface area contributed by atoms with Gasteiger partial charge >= 0.3 is 21.5 Å². The van der Waals surface area contributed by atoms with Gasteiger partial charge in [-0.15, -0.1) is 0 Å². The fourth-order valence-electron chi connectivity index (χ4n) is 3.50. The molecule has 0 amide bonds. The number of fused-ring (bicyclic) bond motifs is 3. The van der Waals surface area contributed by atoms with E-state index in [1.807, 2.05) is 0 Å². The lowest BCUT2D eigenvalue weighted by Crippen LogP contribution is -2.52. The van der Waals surface area contributed by atoms with Crippen LogP contribution in [0.1, 0.15) is 11.1 Å². The van der Waals surface area contributed by atoms with E-state index in [4.69, 9.17) is 16.3 Å². The zero-order chi connectivity index (χ0) is 22.3. The highest BCUT2D eigenvalue weighted by molar-refractivity contribution is 7.91. The largest absolute Gasteiger partial charge is 0.442 e. The maximum absolute atomic E-state index is 12.7. The van der Waals surface area contributed by atoms with Crippen LogP contribution in [0.15, 0.2) is 48.5 Å². The molecule has 13 heteroatoms. The molecule has 0 spiro atoms. The zero-order valence-electron chi connectivity index (χ0n) is 14.8. The molecule has 2 aromatic carbocycles. The Hall–Kier alpha value is -2.51. The molecule has 3 rings (SSSR count). The molecule has 0 saturated carbocycles. The van der Waals surface area contributed by atoms with E-state index in [1.54, 1.807) is 12.1 Å². The number of hydrogen-bond donors (Lipinski definition) is 2. The number of benzene rings is 2. The highest BCUT2D eigenvalue weighted by Gasteiger charge is 2.64. The van der Waals surface area contributed by atoms with Crippen molar-refractivity contribution in [3.05, 3.63) is 59.7 Å². The SMILES string of the molecule is O=C(Cl)OCC(=O)OC(C1(S(=O)(=O)O)c2ccccc2-c2ccccc21)S(=O)(=O)O. The summed E-state index contributed by atoms with van der Waals surface area (Å²) in [5.41, 5.74) is -4.23. The lowest BCUT2D eigenvalue weighted by Gasteiger charge is -2.33. The van der Waals surface area contributed by atoms with Gasteiger partial charge in [0.05, 0.1) is 0 Å². The summed E-state index contributed by atoms with van der Waals surface area (Å²) in [7, 11) is -10.9. The molecule has 160 valence electrons. The molecule has 1 aliphatic carbocycles. The zero-order valence-corrected chi connectivity index (χ0v) is 17.1. The van der Waals surface area contributed by atoms with Crippen LogP contribution in [0.3, 0.4) is 0 Å². The lowest BCUT2D eigenvalue weighted by molar-refractivity contribution is -0.149. The molecule has 1 aliphatic rings. The van der Waals surface area contributed by atoms with E-state index in [0.29, 0.717) is 0 Å². The maximum Gasteiger partial charge on any atom is 0.404 e. The van der Waals surface area contributed by atoms with Gasteiger partial charge in [0.15, 0.2) is 6.61 Å². The summed E-state index contributed by atoms with van der Waals surface area (Å²) in [6.45, 7) is -1.17. The number of rotatable bonds is 6. The van der Waals surface area contributed by atoms with E-state index in [9.17, 15) is 35.5 Å². The third kappa shape index (κ3) is 3.56. The van der Waals surface area contributed by atoms with Crippen LogP contribution in [-0.2, 0) is 39.3 Å². The molecule has 0 aromatic heterocycles. The Balaban J connectivity index is 2.32. The minimum Gasteiger partial charge on any atom is -0.442 e. The van der Waals surface area contributed by atoms with Crippen LogP contribution in [0.5, 0.6) is 0 Å². The minimum atomic E-state index is -5.46. The first-order valence-corrected chi connectivity index (χ1v) is 11.4. The fraction of sp³-hybridized carbons (Fsp3) is 0.176. The number of carbonyl (C=O) groups excluding carboxylic acids is 2. The number of hydrogen-bond acceptors (Lipinski definition) is 8. The van der Waals surface area contributed by atoms with Gasteiger partial charge in [-0.2, -0.15) is 16.8 Å². The standard InChI is InChI=1S/C17H13ClO10S2/c18-16(20)27-9-14(19)28-15(29(21,22)23)17(30(24,25)26)12-7-3-1-5-10(12)11-6-2-4-8-13(11)17/h1-8,15H,9H2,(H,21,22,23)(H,24,25,26). The van der Waals surface area contributed by atoms with Crippen LogP contribution < -0.4 is 0 Å². The van der Waals surface area contributed by atoms with E-state index < -0.39 is 48.4 Å². The number of carbonyl (C=O) groups is 2. The van der Waals surface area contributed by atoms with Crippen molar-refractivity contribution in [2.75, 3.05) is 6.61 Å². The average molecular weight is 477 g/mol. The molecule has 2 aromatic rings. The summed E-state index contributed by atoms with van der Waals surface area (Å²) in [5, 5.41) is 0. The summed E-state index contributed by atoms with van der Waals surface area (Å²) < 4.78 is 76.0. The second kappa shape index (κ2) is 7.63. The van der Waals surface area contributed by atoms with Crippen molar-refractivity contribution < 1.29 is 45.0 Å². The van der Waals surface area contributed by atoms with Gasteiger partial charge in [0.1, 0.15) is 0 Å². The third-order valence-electron chi connectivity index (χ3n) is 4.50. The summed E-state index contributed by atoms with van der Waals surface area (Å²) in [6.07, 6.45) is 0. The van der Waals surface area contributed by atoms with Gasteiger partial charge in [-0.05, 0) is 22.3 Å². The summed E-state index contributed by atoms with van der Waals surface area (Å²) in [5.74, 6) is -1.53. The molecule has 0 heterocycles. The van der Waals surface area contributed by atoms with Gasteiger partial charge in [0.25, 0.3) is 15.6 Å². The summed E-state index contributed by atoms with van der Waals surface area (Å²) in [6, 6.07) is 11.2. The van der Waals surface area contributed by atoms with E-state index in [0.717, 1.165) is 0 Å². The second-order valence-electron chi connectivity index (χ2n) is 6.16. The summed E-state index contributed by atoms with van der Waals surface area (Å²) >= 11 is 4.94. The Morgan fingerprint density at radius 2 is 1.40 bits per heavy atom. The summed E-state index contributed by atoms with van der Waals surface area (Å²) in [4.78, 5) is 22.7. The molecule has 1 atom stereocenters. The molecule has 10 nitrogen and oxygen atoms in total. The third-order valence-corrected chi connectivity index (χ3v) is 7.21. The first-order valence-electron chi connectivity index (χ1n) is 8.05. The Kier molecular flexibility index (Phi) is 5.64. The van der Waals surface area contributed by atoms with Crippen molar-refractivity contribution >= 4 is 43.2 Å². The lowest BCUT2D eigenvalue weighted by atomic mass is 9.96. The van der Waals surface area contributed by atoms with Crippen LogP contribution in [0.4, 0.5) is 4.79 Å². The van der Waals surface area contributed by atoms with Gasteiger partial charge in [-0.3, -0.25) is 9.11 Å². The van der Waals surface area contributed by atoms with Gasteiger partial charge < -0.3 is 9.47 Å². The minimum absolute atomic E-state index is 0.238. The van der Waals surface area contributed by atoms with Crippen molar-refractivity contribution in [1.82, 2.24) is 0 Å². The molecular formula is C17H13ClO10S2. The van der Waals surface area contributed by atoms with E-state index in [1.165, 1.54) is 36.4 Å². The normalized spacial score (nSPS) is 15.6. The molecule has 2 N–H and O–H groups in total. The van der Waals surface area contributed by atoms with Gasteiger partial charge in [-0.25, -0.2) is 9.59 Å². The predicted octanol–water partition coefficient (Wildman–Crippen LogP) is 1.93. The van der Waals surface area contributed by atoms with Crippen molar-refractivity contribution in [2.24, 2.45) is 0 Å². The van der Waals surface area contributed by atoms with E-state index in [-0.39, 0.29) is 22.3 Å². The molecule has 0 fully saturated rings. The van der Waals surface area contributed by atoms with Crippen molar-refractivity contribution in [3.63, 3.8) is 0 Å². The van der Waals surface area contributed by atoms with Crippen LogP contribution in [0.25, 0.3) is 11.1 Å². The Morgan fingerprint density at radius 1 is 0.933 bits per heavy atom. The van der Waals surface area contributed by atoms with Gasteiger partial charge in [-0.1, -0.05) is 48.5 Å². The van der Waals surface area contributed by atoms with Gasteiger partial charge in [0.2, 0.25) is 4.75 Å².